The van der Waals surface area contributed by atoms with Crippen LogP contribution in [0.3, 0.4) is 0 Å². The number of hydrogen-bond donors (Lipinski definition) is 7. The maximum atomic E-state index is 14.6. The van der Waals surface area contributed by atoms with Crippen LogP contribution in [0.1, 0.15) is 106 Å². The predicted molar refractivity (Wildman–Crippen MR) is 196 cm³/mol. The topological polar surface area (TPSA) is 222 Å². The summed E-state index contributed by atoms with van der Waals surface area (Å²) in [7, 11) is 0. The highest BCUT2D eigenvalue weighted by Gasteiger charge is 2.71. The van der Waals surface area contributed by atoms with Crippen molar-refractivity contribution in [2.45, 2.75) is 180 Å². The molecule has 0 aromatic rings. The third-order valence-corrected chi connectivity index (χ3v) is 17.6. The first-order valence-corrected chi connectivity index (χ1v) is 20.9. The van der Waals surface area contributed by atoms with E-state index < -0.39 is 103 Å². The first kappa shape index (κ1) is 41.0. The molecule has 3 aliphatic heterocycles. The molecule has 0 amide bonds. The summed E-state index contributed by atoms with van der Waals surface area (Å²) < 4.78 is 29.2. The van der Waals surface area contributed by atoms with Crippen molar-refractivity contribution >= 4 is 11.9 Å². The van der Waals surface area contributed by atoms with Crippen molar-refractivity contribution in [2.24, 2.45) is 50.2 Å². The van der Waals surface area contributed by atoms with Crippen LogP contribution in [0.2, 0.25) is 0 Å². The van der Waals surface area contributed by atoms with E-state index >= 15 is 0 Å². The molecule has 7 fully saturated rings. The molecule has 56 heavy (non-hydrogen) atoms. The van der Waals surface area contributed by atoms with E-state index in [0.29, 0.717) is 25.7 Å². The molecule has 14 heteroatoms. The standard InChI is InChI=1S/C42H64O14/c1-37(2)14-16-42(36(51)56-34-27(46)26(45)25(44)20(18-43)52-34)17-15-40(6)19(24(42)32(37)49)8-9-22-39(5)12-11-23(38(3,4)21(39)10-13-41(22,40)7)53-35-29(48)31-30(55-35)28(47)33(50)54-31/h8,20-32,34-35,43-49H,9-18H2,1-7H3/t20-,21?,22?,23+,24?,25-,26+,27-,28?,29-,30-,31-,32+,34+,35-,39+,40-,41-,42+/m1/s1. The summed E-state index contributed by atoms with van der Waals surface area (Å²) in [5.41, 5.74) is -1.44. The van der Waals surface area contributed by atoms with E-state index in [1.54, 1.807) is 0 Å². The van der Waals surface area contributed by atoms with E-state index in [9.17, 15) is 45.3 Å². The summed E-state index contributed by atoms with van der Waals surface area (Å²) >= 11 is 0. The quantitative estimate of drug-likeness (QED) is 0.156. The Balaban J connectivity index is 1.07. The van der Waals surface area contributed by atoms with E-state index in [2.05, 4.69) is 40.7 Å². The van der Waals surface area contributed by atoms with Crippen molar-refractivity contribution in [1.29, 1.82) is 0 Å². The average Bonchev–Trinajstić information content (AvgIpc) is 3.60. The Hall–Kier alpha value is -1.72. The summed E-state index contributed by atoms with van der Waals surface area (Å²) in [4.78, 5) is 26.5. The molecule has 7 N–H and O–H groups in total. The SMILES string of the molecule is CC1(C)CC[C@]2(C(=O)O[C@@H]3O[C@H](CO)[C@@H](O)[C@H](O)[C@H]3O)CC[C@]3(C)C(=CCC4[C@@]5(C)CC[C@H](O[C@@H]6O[C@@H]7C(O)C(=O)O[C@@H]7[C@H]6O)C(C)(C)C5CC[C@]43C)C2[C@@H]1O. The predicted octanol–water partition coefficient (Wildman–Crippen LogP) is 1.86. The van der Waals surface area contributed by atoms with Gasteiger partial charge in [-0.15, -0.1) is 0 Å². The van der Waals surface area contributed by atoms with Crippen LogP contribution < -0.4 is 0 Å². The van der Waals surface area contributed by atoms with Crippen LogP contribution in [0.15, 0.2) is 11.6 Å². The van der Waals surface area contributed by atoms with Gasteiger partial charge in [-0.2, -0.15) is 0 Å². The summed E-state index contributed by atoms with van der Waals surface area (Å²) in [6.07, 6.45) is -5.78. The fourth-order valence-electron chi connectivity index (χ4n) is 13.9. The lowest BCUT2D eigenvalue weighted by molar-refractivity contribution is -0.298. The minimum atomic E-state index is -1.72. The highest BCUT2D eigenvalue weighted by atomic mass is 16.7. The number of ether oxygens (including phenoxy) is 5. The summed E-state index contributed by atoms with van der Waals surface area (Å²) in [6, 6.07) is 0. The molecular weight excluding hydrogens is 728 g/mol. The second-order valence-electron chi connectivity index (χ2n) is 20.8. The largest absolute Gasteiger partial charge is 0.454 e. The molecule has 0 spiro atoms. The number of aliphatic hydroxyl groups is 7. The molecule has 14 nitrogen and oxygen atoms in total. The average molecular weight is 793 g/mol. The van der Waals surface area contributed by atoms with Gasteiger partial charge in [0.2, 0.25) is 6.29 Å². The number of carbonyl (C=O) groups is 2. The van der Waals surface area contributed by atoms with E-state index in [-0.39, 0.29) is 39.6 Å². The number of esters is 2. The molecule has 19 atom stereocenters. The molecule has 4 saturated carbocycles. The minimum Gasteiger partial charge on any atom is -0.454 e. The second-order valence-corrected chi connectivity index (χ2v) is 20.8. The Morgan fingerprint density at radius 1 is 0.786 bits per heavy atom. The fourth-order valence-corrected chi connectivity index (χ4v) is 13.9. The molecule has 8 rings (SSSR count). The Morgan fingerprint density at radius 3 is 2.16 bits per heavy atom. The van der Waals surface area contributed by atoms with E-state index in [0.717, 1.165) is 37.7 Å². The van der Waals surface area contributed by atoms with Gasteiger partial charge in [0.05, 0.1) is 24.2 Å². The van der Waals surface area contributed by atoms with Gasteiger partial charge in [-0.25, -0.2) is 4.79 Å². The lowest BCUT2D eigenvalue weighted by Crippen LogP contribution is -2.67. The van der Waals surface area contributed by atoms with Crippen molar-refractivity contribution in [3.63, 3.8) is 0 Å². The molecule has 3 saturated heterocycles. The Morgan fingerprint density at radius 2 is 1.48 bits per heavy atom. The molecule has 0 aromatic heterocycles. The normalized spacial score (nSPS) is 54.4. The zero-order valence-corrected chi connectivity index (χ0v) is 33.8. The van der Waals surface area contributed by atoms with Gasteiger partial charge in [-0.3, -0.25) is 4.79 Å². The second kappa shape index (κ2) is 13.4. The van der Waals surface area contributed by atoms with Gasteiger partial charge in [-0.1, -0.05) is 60.1 Å². The Kier molecular flexibility index (Phi) is 9.81. The van der Waals surface area contributed by atoms with Crippen molar-refractivity contribution in [1.82, 2.24) is 0 Å². The highest BCUT2D eigenvalue weighted by Crippen LogP contribution is 2.76. The first-order chi connectivity index (χ1) is 26.1. The number of hydrogen-bond acceptors (Lipinski definition) is 14. The summed E-state index contributed by atoms with van der Waals surface area (Å²) in [5, 5.41) is 74.9. The number of aliphatic hydroxyl groups excluding tert-OH is 7. The van der Waals surface area contributed by atoms with E-state index in [1.807, 2.05) is 13.8 Å². The first-order valence-electron chi connectivity index (χ1n) is 20.9. The highest BCUT2D eigenvalue weighted by molar-refractivity contribution is 5.79. The van der Waals surface area contributed by atoms with Crippen LogP contribution in [0.5, 0.6) is 0 Å². The van der Waals surface area contributed by atoms with Crippen LogP contribution >= 0.6 is 0 Å². The molecular formula is C42H64O14. The van der Waals surface area contributed by atoms with Gasteiger partial charge in [0, 0.05) is 5.92 Å². The maximum Gasteiger partial charge on any atom is 0.338 e. The van der Waals surface area contributed by atoms with Gasteiger partial charge in [0.15, 0.2) is 18.5 Å². The number of carbonyl (C=O) groups excluding carboxylic acids is 2. The van der Waals surface area contributed by atoms with Crippen LogP contribution in [0.4, 0.5) is 0 Å². The van der Waals surface area contributed by atoms with E-state index in [4.69, 9.17) is 23.7 Å². The van der Waals surface area contributed by atoms with Crippen LogP contribution in [-0.4, -0.2) is 128 Å². The lowest BCUT2D eigenvalue weighted by Gasteiger charge is -2.71. The summed E-state index contributed by atoms with van der Waals surface area (Å²) in [5.74, 6) is -1.41. The van der Waals surface area contributed by atoms with E-state index in [1.165, 1.54) is 0 Å². The van der Waals surface area contributed by atoms with Crippen molar-refractivity contribution in [2.75, 3.05) is 6.61 Å². The van der Waals surface area contributed by atoms with Gasteiger partial charge in [0.1, 0.15) is 36.6 Å². The Labute approximate surface area is 328 Å². The van der Waals surface area contributed by atoms with Crippen molar-refractivity contribution in [3.05, 3.63) is 11.6 Å². The van der Waals surface area contributed by atoms with Crippen molar-refractivity contribution < 1.29 is 69.0 Å². The molecule has 0 aromatic carbocycles. The third-order valence-electron chi connectivity index (χ3n) is 17.6. The monoisotopic (exact) mass is 792 g/mol. The van der Waals surface area contributed by atoms with Gasteiger partial charge in [0.25, 0.3) is 0 Å². The van der Waals surface area contributed by atoms with Crippen LogP contribution in [0, 0.1) is 50.2 Å². The number of allylic oxidation sites excluding steroid dienone is 1. The Bertz CT molecular complexity index is 1610. The van der Waals surface area contributed by atoms with Crippen molar-refractivity contribution in [3.8, 4) is 0 Å². The summed E-state index contributed by atoms with van der Waals surface area (Å²) in [6.45, 7) is 15.1. The smallest absolute Gasteiger partial charge is 0.338 e. The molecule has 8 aliphatic rings. The van der Waals surface area contributed by atoms with Gasteiger partial charge >= 0.3 is 11.9 Å². The minimum absolute atomic E-state index is 0.0835. The molecule has 5 aliphatic carbocycles. The van der Waals surface area contributed by atoms with Gasteiger partial charge < -0.3 is 59.4 Å². The number of fused-ring (bicyclic) bond motifs is 8. The van der Waals surface area contributed by atoms with Gasteiger partial charge in [-0.05, 0) is 96.7 Å². The molecule has 4 unspecified atom stereocenters. The molecule has 0 radical (unpaired) electrons. The maximum absolute atomic E-state index is 14.6. The molecule has 3 heterocycles. The number of rotatable bonds is 5. The fraction of sp³-hybridized carbons (Fsp3) is 0.905. The van der Waals surface area contributed by atoms with Crippen LogP contribution in [0.25, 0.3) is 0 Å². The molecule has 0 bridgehead atoms. The zero-order chi connectivity index (χ0) is 40.7. The molecule has 316 valence electrons. The zero-order valence-electron chi connectivity index (χ0n) is 33.8. The third kappa shape index (κ3) is 5.49. The lowest BCUT2D eigenvalue weighted by atomic mass is 9.33. The van der Waals surface area contributed by atoms with Crippen LogP contribution in [-0.2, 0) is 33.3 Å².